The van der Waals surface area contributed by atoms with Gasteiger partial charge in [-0.3, -0.25) is 10.3 Å². The first-order valence-corrected chi connectivity index (χ1v) is 20.0. The van der Waals surface area contributed by atoms with Gasteiger partial charge < -0.3 is 4.90 Å². The topological polar surface area (TPSA) is 27.6 Å². The first kappa shape index (κ1) is 29.5. The zero-order chi connectivity index (χ0) is 34.0. The summed E-state index contributed by atoms with van der Waals surface area (Å²) in [5.41, 5.74) is 12.7. The summed E-state index contributed by atoms with van der Waals surface area (Å²) in [6.07, 6.45) is 21.5. The van der Waals surface area contributed by atoms with Gasteiger partial charge in [0.25, 0.3) is 0 Å². The number of nitrogens with zero attached hydrogens (tertiary/aromatic N) is 2. The van der Waals surface area contributed by atoms with Gasteiger partial charge in [0.05, 0.1) is 12.1 Å². The molecule has 0 saturated heterocycles. The molecule has 2 aliphatic heterocycles. The van der Waals surface area contributed by atoms with Gasteiger partial charge in [-0.15, -0.1) is 11.3 Å². The van der Waals surface area contributed by atoms with E-state index in [1.165, 1.54) is 85.0 Å². The molecule has 12 rings (SSSR count). The van der Waals surface area contributed by atoms with E-state index in [-0.39, 0.29) is 23.7 Å². The van der Waals surface area contributed by atoms with Gasteiger partial charge in [-0.1, -0.05) is 109 Å². The zero-order valence-corrected chi connectivity index (χ0v) is 29.8. The second kappa shape index (κ2) is 11.0. The lowest BCUT2D eigenvalue weighted by atomic mass is 9.67. The van der Waals surface area contributed by atoms with Gasteiger partial charge in [0, 0.05) is 49.1 Å². The first-order chi connectivity index (χ1) is 25.8. The minimum absolute atomic E-state index is 0.0598. The maximum absolute atomic E-state index is 5.09. The quantitative estimate of drug-likeness (QED) is 0.187. The van der Waals surface area contributed by atoms with Gasteiger partial charge in [-0.25, -0.2) is 0 Å². The van der Waals surface area contributed by atoms with Gasteiger partial charge in [-0.2, -0.15) is 0 Å². The van der Waals surface area contributed by atoms with E-state index in [1.807, 2.05) is 11.3 Å². The lowest BCUT2D eigenvalue weighted by molar-refractivity contribution is 0.346. The molecule has 6 aromatic rings. The largest absolute Gasteiger partial charge is 0.333 e. The normalized spacial score (nSPS) is 28.9. The molecule has 7 unspecified atom stereocenters. The van der Waals surface area contributed by atoms with Crippen LogP contribution in [0, 0.1) is 11.8 Å². The smallest absolute Gasteiger partial charge is 0.126 e. The Morgan fingerprint density at radius 3 is 2.63 bits per heavy atom. The van der Waals surface area contributed by atoms with Crippen molar-refractivity contribution in [1.29, 1.82) is 0 Å². The Bertz CT molecular complexity index is 2590. The molecular formula is C48H39N3S. The Hall–Kier alpha value is -5.03. The lowest BCUT2D eigenvalue weighted by Crippen LogP contribution is -2.32. The number of aliphatic imine (C=N–C) groups is 1. The van der Waals surface area contributed by atoms with Gasteiger partial charge in [0.2, 0.25) is 0 Å². The third kappa shape index (κ3) is 3.97. The van der Waals surface area contributed by atoms with Crippen LogP contribution in [0.3, 0.4) is 0 Å². The molecule has 4 aliphatic carbocycles. The predicted molar refractivity (Wildman–Crippen MR) is 217 cm³/mol. The molecule has 1 spiro atoms. The van der Waals surface area contributed by atoms with E-state index in [9.17, 15) is 0 Å². The second-order valence-corrected chi connectivity index (χ2v) is 16.8. The van der Waals surface area contributed by atoms with Crippen LogP contribution in [0.1, 0.15) is 71.6 Å². The molecular weight excluding hydrogens is 651 g/mol. The lowest BCUT2D eigenvalue weighted by Gasteiger charge is -2.37. The number of fused-ring (bicyclic) bond motifs is 13. The van der Waals surface area contributed by atoms with Crippen molar-refractivity contribution in [3.8, 4) is 11.1 Å². The van der Waals surface area contributed by atoms with Crippen molar-refractivity contribution >= 4 is 49.1 Å². The maximum atomic E-state index is 5.09. The summed E-state index contributed by atoms with van der Waals surface area (Å²) in [6.45, 7) is 0. The minimum Gasteiger partial charge on any atom is -0.333 e. The van der Waals surface area contributed by atoms with Crippen LogP contribution < -0.4 is 10.2 Å². The van der Waals surface area contributed by atoms with Crippen LogP contribution in [0.2, 0.25) is 0 Å². The molecule has 1 fully saturated rings. The van der Waals surface area contributed by atoms with Crippen LogP contribution >= 0.6 is 11.3 Å². The van der Waals surface area contributed by atoms with Gasteiger partial charge >= 0.3 is 0 Å². The van der Waals surface area contributed by atoms with E-state index >= 15 is 0 Å². The second-order valence-electron chi connectivity index (χ2n) is 15.7. The number of rotatable bonds is 3. The van der Waals surface area contributed by atoms with Crippen LogP contribution in [0.15, 0.2) is 145 Å². The van der Waals surface area contributed by atoms with Crippen molar-refractivity contribution in [1.82, 2.24) is 5.32 Å². The molecule has 3 nitrogen and oxygen atoms in total. The average Bonchev–Trinajstić information content (AvgIpc) is 4.03. The van der Waals surface area contributed by atoms with Crippen molar-refractivity contribution in [2.24, 2.45) is 16.8 Å². The standard InChI is InChI=1S/C48H39N3S/c1-5-19-39-29(11-1)23-24-48(39)40-20-6-2-14-32(40)37-26-38-33-15-3-7-21-43(33)51(44(38)27-41(37)48)31-13-9-12-30(25-31)47-49-28-42(50-47)36-18-10-17-35-34-16-4-8-22-45(34)52-46(35)36/h2-10,12-22,25-29,33,39,42-43,47,50H,1,11,23-24H2. The highest BCUT2D eigenvalue weighted by Gasteiger charge is 2.55. The number of anilines is 2. The summed E-state index contributed by atoms with van der Waals surface area (Å²) >= 11 is 1.89. The number of benzene rings is 5. The van der Waals surface area contributed by atoms with E-state index < -0.39 is 0 Å². The minimum atomic E-state index is -0.0967. The van der Waals surface area contributed by atoms with E-state index in [4.69, 9.17) is 4.99 Å². The highest BCUT2D eigenvalue weighted by Crippen LogP contribution is 2.64. The number of hydrogen-bond donors (Lipinski definition) is 1. The third-order valence-electron chi connectivity index (χ3n) is 13.4. The molecule has 1 saturated carbocycles. The molecule has 52 heavy (non-hydrogen) atoms. The fraction of sp³-hybridized carbons (Fsp3) is 0.229. The summed E-state index contributed by atoms with van der Waals surface area (Å²) in [7, 11) is 0. The van der Waals surface area contributed by atoms with Crippen LogP contribution in [0.4, 0.5) is 11.4 Å². The monoisotopic (exact) mass is 689 g/mol. The number of nitrogens with one attached hydrogen (secondary N) is 1. The number of hydrogen-bond acceptors (Lipinski definition) is 4. The van der Waals surface area contributed by atoms with Crippen LogP contribution in [0.5, 0.6) is 0 Å². The Labute approximate surface area is 308 Å². The van der Waals surface area contributed by atoms with Gasteiger partial charge in [0.1, 0.15) is 6.17 Å². The van der Waals surface area contributed by atoms with E-state index in [0.29, 0.717) is 11.8 Å². The summed E-state index contributed by atoms with van der Waals surface area (Å²) in [5, 5.41) is 6.56. The highest BCUT2D eigenvalue weighted by molar-refractivity contribution is 7.26. The summed E-state index contributed by atoms with van der Waals surface area (Å²) in [6, 6.07) is 39.5. The number of allylic oxidation sites excluding steroid dienone is 4. The summed E-state index contributed by atoms with van der Waals surface area (Å²) in [5.74, 6) is 1.66. The van der Waals surface area contributed by atoms with Crippen molar-refractivity contribution in [3.63, 3.8) is 0 Å². The maximum Gasteiger partial charge on any atom is 0.126 e. The fourth-order valence-corrected chi connectivity index (χ4v) is 12.4. The number of thiophene rings is 1. The van der Waals surface area contributed by atoms with Gasteiger partial charge in [-0.05, 0) is 107 Å². The average molecular weight is 690 g/mol. The molecule has 1 aromatic heterocycles. The van der Waals surface area contributed by atoms with Crippen molar-refractivity contribution < 1.29 is 0 Å². The predicted octanol–water partition coefficient (Wildman–Crippen LogP) is 11.8. The summed E-state index contributed by atoms with van der Waals surface area (Å²) < 4.78 is 2.69. The Morgan fingerprint density at radius 1 is 0.750 bits per heavy atom. The summed E-state index contributed by atoms with van der Waals surface area (Å²) in [4.78, 5) is 7.73. The molecule has 0 radical (unpaired) electrons. The van der Waals surface area contributed by atoms with Crippen molar-refractivity contribution in [3.05, 3.63) is 167 Å². The van der Waals surface area contributed by atoms with E-state index in [1.54, 1.807) is 11.1 Å². The highest BCUT2D eigenvalue weighted by atomic mass is 32.1. The van der Waals surface area contributed by atoms with Gasteiger partial charge in [0.15, 0.2) is 0 Å². The molecule has 3 heterocycles. The van der Waals surface area contributed by atoms with Crippen LogP contribution in [-0.4, -0.2) is 12.3 Å². The zero-order valence-electron chi connectivity index (χ0n) is 29.0. The first-order valence-electron chi connectivity index (χ1n) is 19.1. The van der Waals surface area contributed by atoms with Crippen molar-refractivity contribution in [2.75, 3.05) is 4.90 Å². The molecule has 7 atom stereocenters. The van der Waals surface area contributed by atoms with E-state index in [2.05, 4.69) is 156 Å². The van der Waals surface area contributed by atoms with Crippen LogP contribution in [0.25, 0.3) is 31.3 Å². The molecule has 5 aromatic carbocycles. The Kier molecular flexibility index (Phi) is 6.24. The molecule has 6 aliphatic rings. The van der Waals surface area contributed by atoms with Crippen LogP contribution in [-0.2, 0) is 5.41 Å². The third-order valence-corrected chi connectivity index (χ3v) is 14.6. The Balaban J connectivity index is 0.941. The molecule has 1 N–H and O–H groups in total. The SMILES string of the molecule is C1=CC2c3cc4c(cc3N(c3cccc(C5N=CC(c6cccc7c6sc6ccccc67)N5)c3)C2C=C1)C1(CCC2CCC=CC21)c1ccccc1-4. The van der Waals surface area contributed by atoms with E-state index in [0.717, 1.165) is 5.92 Å². The molecule has 0 bridgehead atoms. The van der Waals surface area contributed by atoms with Crippen molar-refractivity contribution in [2.45, 2.75) is 55.3 Å². The fourth-order valence-electron chi connectivity index (χ4n) is 11.2. The Morgan fingerprint density at radius 2 is 1.63 bits per heavy atom. The molecule has 0 amide bonds. The molecule has 4 heteroatoms. The molecule has 252 valence electrons.